The molecule has 0 saturated carbocycles. The molecule has 2 aromatic carbocycles. The third-order valence-corrected chi connectivity index (χ3v) is 6.56. The van der Waals surface area contributed by atoms with Gasteiger partial charge in [0.2, 0.25) is 11.9 Å². The molecule has 2 N–H and O–H groups in total. The number of nitro benzene ring substituents is 1. The van der Waals surface area contributed by atoms with Crippen molar-refractivity contribution in [3.8, 4) is 5.82 Å². The number of fused-ring (bicyclic) bond motifs is 1. The first kappa shape index (κ1) is 27.5. The van der Waals surface area contributed by atoms with Crippen LogP contribution in [-0.4, -0.2) is 64.5 Å². The Labute approximate surface area is 227 Å². The number of rotatable bonds is 10. The number of nitrogens with one attached hydrogen (secondary N) is 2. The van der Waals surface area contributed by atoms with Gasteiger partial charge in [-0.05, 0) is 51.2 Å². The van der Waals surface area contributed by atoms with E-state index in [0.29, 0.717) is 35.8 Å². The molecule has 0 fully saturated rings. The molecule has 0 saturated heterocycles. The molecular formula is C28H34N8O3. The van der Waals surface area contributed by atoms with Gasteiger partial charge < -0.3 is 20.4 Å². The molecule has 0 atom stereocenters. The molecule has 11 nitrogen and oxygen atoms in total. The van der Waals surface area contributed by atoms with Gasteiger partial charge in [0.25, 0.3) is 5.69 Å². The standard InChI is InChI=1S/C28H34N8O3/c1-7-26(37)30-22-16-29-28(32-27(22)35-17-19(3)20-10-8-9-11-23(20)35)31-21-15-25(36(38)39)24(14-18(21)2)34(6)13-12-33(4)5/h8-11,14-17H,7,12-13H2,1-6H3,(H,30,37)(H,29,31,32). The highest BCUT2D eigenvalue weighted by Crippen LogP contribution is 2.35. The summed E-state index contributed by atoms with van der Waals surface area (Å²) in [7, 11) is 5.78. The molecule has 0 spiro atoms. The smallest absolute Gasteiger partial charge is 0.294 e. The van der Waals surface area contributed by atoms with E-state index in [0.717, 1.165) is 28.6 Å². The van der Waals surface area contributed by atoms with E-state index in [2.05, 4.69) is 15.6 Å². The maximum absolute atomic E-state index is 12.3. The number of carbonyl (C=O) groups excluding carboxylic acids is 1. The second kappa shape index (κ2) is 11.5. The molecule has 2 aromatic heterocycles. The van der Waals surface area contributed by atoms with Crippen LogP contribution in [0.2, 0.25) is 0 Å². The Hall–Kier alpha value is -4.51. The normalized spacial score (nSPS) is 11.2. The van der Waals surface area contributed by atoms with Gasteiger partial charge in [-0.1, -0.05) is 25.1 Å². The molecule has 0 radical (unpaired) electrons. The van der Waals surface area contributed by atoms with E-state index in [1.165, 1.54) is 6.07 Å². The maximum atomic E-state index is 12.3. The van der Waals surface area contributed by atoms with Crippen molar-refractivity contribution < 1.29 is 9.72 Å². The zero-order chi connectivity index (χ0) is 28.3. The van der Waals surface area contributed by atoms with Crippen molar-refractivity contribution >= 4 is 45.5 Å². The molecule has 0 aliphatic heterocycles. The summed E-state index contributed by atoms with van der Waals surface area (Å²) in [6, 6.07) is 11.3. The Balaban J connectivity index is 1.76. The molecule has 2 heterocycles. The zero-order valence-corrected chi connectivity index (χ0v) is 23.1. The summed E-state index contributed by atoms with van der Waals surface area (Å²) < 4.78 is 1.92. The summed E-state index contributed by atoms with van der Waals surface area (Å²) in [6.45, 7) is 7.08. The number of anilines is 4. The Morgan fingerprint density at radius 2 is 1.82 bits per heavy atom. The highest BCUT2D eigenvalue weighted by molar-refractivity contribution is 5.93. The number of nitro groups is 1. The van der Waals surface area contributed by atoms with E-state index in [9.17, 15) is 14.9 Å². The van der Waals surface area contributed by atoms with Crippen LogP contribution in [0.3, 0.4) is 0 Å². The fourth-order valence-corrected chi connectivity index (χ4v) is 4.33. The maximum Gasteiger partial charge on any atom is 0.294 e. The van der Waals surface area contributed by atoms with Crippen LogP contribution in [0.25, 0.3) is 16.7 Å². The quantitative estimate of drug-likeness (QED) is 0.216. The number of likely N-dealkylation sites (N-methyl/N-ethyl adjacent to an activating group) is 2. The Kier molecular flexibility index (Phi) is 8.10. The van der Waals surface area contributed by atoms with Crippen LogP contribution in [0.5, 0.6) is 0 Å². The van der Waals surface area contributed by atoms with Gasteiger partial charge in [0.05, 0.1) is 22.3 Å². The minimum Gasteiger partial charge on any atom is -0.368 e. The van der Waals surface area contributed by atoms with Crippen LogP contribution in [0.1, 0.15) is 24.5 Å². The number of amides is 1. The molecule has 0 aliphatic rings. The minimum atomic E-state index is -0.378. The number of aromatic nitrogens is 3. The number of hydrogen-bond donors (Lipinski definition) is 2. The summed E-state index contributed by atoms with van der Waals surface area (Å²) in [6.07, 6.45) is 3.82. The molecule has 0 bridgehead atoms. The van der Waals surface area contributed by atoms with Crippen LogP contribution in [0, 0.1) is 24.0 Å². The van der Waals surface area contributed by atoms with E-state index in [1.54, 1.807) is 19.2 Å². The number of aryl methyl sites for hydroxylation is 2. The number of para-hydroxylation sites is 1. The van der Waals surface area contributed by atoms with Crippen LogP contribution >= 0.6 is 0 Å². The van der Waals surface area contributed by atoms with Crippen molar-refractivity contribution in [1.29, 1.82) is 0 Å². The third kappa shape index (κ3) is 5.99. The van der Waals surface area contributed by atoms with Crippen LogP contribution in [-0.2, 0) is 4.79 Å². The third-order valence-electron chi connectivity index (χ3n) is 6.56. The van der Waals surface area contributed by atoms with E-state index in [-0.39, 0.29) is 22.5 Å². The number of benzene rings is 2. The molecule has 4 aromatic rings. The topological polar surface area (TPSA) is 121 Å². The molecule has 0 aliphatic carbocycles. The van der Waals surface area contributed by atoms with E-state index in [4.69, 9.17) is 4.98 Å². The Bertz CT molecular complexity index is 1530. The first-order chi connectivity index (χ1) is 18.6. The monoisotopic (exact) mass is 530 g/mol. The zero-order valence-electron chi connectivity index (χ0n) is 23.1. The van der Waals surface area contributed by atoms with Gasteiger partial charge in [-0.25, -0.2) is 4.98 Å². The summed E-state index contributed by atoms with van der Waals surface area (Å²) in [5.74, 6) is 0.584. The molecular weight excluding hydrogens is 496 g/mol. The molecule has 11 heteroatoms. The van der Waals surface area contributed by atoms with Crippen LogP contribution in [0.4, 0.5) is 28.7 Å². The fourth-order valence-electron chi connectivity index (χ4n) is 4.33. The van der Waals surface area contributed by atoms with Gasteiger partial charge in [0.1, 0.15) is 11.4 Å². The first-order valence-corrected chi connectivity index (χ1v) is 12.7. The lowest BCUT2D eigenvalue weighted by Gasteiger charge is -2.22. The largest absolute Gasteiger partial charge is 0.368 e. The van der Waals surface area contributed by atoms with E-state index in [1.807, 2.05) is 79.8 Å². The average Bonchev–Trinajstić information content (AvgIpc) is 3.25. The Morgan fingerprint density at radius 3 is 2.51 bits per heavy atom. The highest BCUT2D eigenvalue weighted by atomic mass is 16.6. The first-order valence-electron chi connectivity index (χ1n) is 12.7. The molecule has 1 amide bonds. The second-order valence-electron chi connectivity index (χ2n) is 9.79. The SMILES string of the molecule is CCC(=O)Nc1cnc(Nc2cc([N+](=O)[O-])c(N(C)CCN(C)C)cc2C)nc1-n1cc(C)c2ccccc21. The fraction of sp³-hybridized carbons (Fsp3) is 0.321. The molecule has 0 unspecified atom stereocenters. The van der Waals surface area contributed by atoms with Gasteiger partial charge in [-0.15, -0.1) is 0 Å². The summed E-state index contributed by atoms with van der Waals surface area (Å²) in [4.78, 5) is 37.0. The Morgan fingerprint density at radius 1 is 1.08 bits per heavy atom. The lowest BCUT2D eigenvalue weighted by molar-refractivity contribution is -0.384. The van der Waals surface area contributed by atoms with Crippen molar-refractivity contribution in [2.24, 2.45) is 0 Å². The lowest BCUT2D eigenvalue weighted by atomic mass is 10.1. The average molecular weight is 531 g/mol. The van der Waals surface area contributed by atoms with Gasteiger partial charge in [-0.2, -0.15) is 4.98 Å². The van der Waals surface area contributed by atoms with Crippen LogP contribution in [0.15, 0.2) is 48.8 Å². The molecule has 4 rings (SSSR count). The lowest BCUT2D eigenvalue weighted by Crippen LogP contribution is -2.29. The van der Waals surface area contributed by atoms with Crippen LogP contribution < -0.4 is 15.5 Å². The van der Waals surface area contributed by atoms with E-state index < -0.39 is 0 Å². The summed E-state index contributed by atoms with van der Waals surface area (Å²) in [5.41, 5.74) is 4.32. The number of nitrogens with zero attached hydrogens (tertiary/aromatic N) is 6. The highest BCUT2D eigenvalue weighted by Gasteiger charge is 2.21. The van der Waals surface area contributed by atoms with Gasteiger partial charge in [-0.3, -0.25) is 19.5 Å². The summed E-state index contributed by atoms with van der Waals surface area (Å²) >= 11 is 0. The van der Waals surface area contributed by atoms with Crippen molar-refractivity contribution in [1.82, 2.24) is 19.4 Å². The van der Waals surface area contributed by atoms with Crippen molar-refractivity contribution in [3.63, 3.8) is 0 Å². The van der Waals surface area contributed by atoms with Crippen molar-refractivity contribution in [2.75, 3.05) is 49.8 Å². The number of hydrogen-bond acceptors (Lipinski definition) is 8. The minimum absolute atomic E-state index is 0.0107. The summed E-state index contributed by atoms with van der Waals surface area (Å²) in [5, 5.41) is 19.1. The van der Waals surface area contributed by atoms with Crippen molar-refractivity contribution in [3.05, 3.63) is 70.0 Å². The predicted octanol–water partition coefficient (Wildman–Crippen LogP) is 5.04. The predicted molar refractivity (Wildman–Crippen MR) is 155 cm³/mol. The molecule has 39 heavy (non-hydrogen) atoms. The molecule has 204 valence electrons. The van der Waals surface area contributed by atoms with Gasteiger partial charge in [0.15, 0.2) is 5.82 Å². The van der Waals surface area contributed by atoms with Crippen molar-refractivity contribution in [2.45, 2.75) is 27.2 Å². The second-order valence-corrected chi connectivity index (χ2v) is 9.79. The van der Waals surface area contributed by atoms with Gasteiger partial charge in [0, 0.05) is 44.2 Å². The van der Waals surface area contributed by atoms with Gasteiger partial charge >= 0.3 is 0 Å². The van der Waals surface area contributed by atoms with E-state index >= 15 is 0 Å². The number of carbonyl (C=O) groups is 1.